The molecule has 1 aromatic carbocycles. The molecule has 0 aliphatic carbocycles. The topological polar surface area (TPSA) is 42.1 Å². The van der Waals surface area contributed by atoms with E-state index in [0.29, 0.717) is 13.0 Å². The molecule has 16 heavy (non-hydrogen) atoms. The van der Waals surface area contributed by atoms with Crippen molar-refractivity contribution >= 4 is 0 Å². The summed E-state index contributed by atoms with van der Waals surface area (Å²) in [6.45, 7) is 0.599. The number of ether oxygens (including phenoxy) is 1. The summed E-state index contributed by atoms with van der Waals surface area (Å²) in [7, 11) is 0. The Morgan fingerprint density at radius 2 is 2.00 bits per heavy atom. The molecular formula is C13H11NO2. The summed E-state index contributed by atoms with van der Waals surface area (Å²) in [6, 6.07) is 9.94. The molecule has 0 spiro atoms. The highest BCUT2D eigenvalue weighted by Gasteiger charge is 2.20. The zero-order chi connectivity index (χ0) is 11.0. The van der Waals surface area contributed by atoms with E-state index in [2.05, 4.69) is 4.98 Å². The SMILES string of the molecule is O=c1[nH]cc(-c2ccccc2)c2c1CCO2. The fourth-order valence-electron chi connectivity index (χ4n) is 2.04. The molecule has 3 nitrogen and oxygen atoms in total. The molecule has 0 saturated heterocycles. The van der Waals surface area contributed by atoms with Crippen molar-refractivity contribution < 1.29 is 4.74 Å². The summed E-state index contributed by atoms with van der Waals surface area (Å²) in [5.74, 6) is 0.745. The Kier molecular flexibility index (Phi) is 2.03. The number of hydrogen-bond acceptors (Lipinski definition) is 2. The number of benzene rings is 1. The largest absolute Gasteiger partial charge is 0.492 e. The third-order valence-electron chi connectivity index (χ3n) is 2.82. The van der Waals surface area contributed by atoms with Crippen molar-refractivity contribution in [3.05, 3.63) is 52.4 Å². The maximum absolute atomic E-state index is 11.6. The number of aromatic amines is 1. The van der Waals surface area contributed by atoms with Gasteiger partial charge >= 0.3 is 0 Å². The van der Waals surface area contributed by atoms with E-state index >= 15 is 0 Å². The van der Waals surface area contributed by atoms with Gasteiger partial charge in [0.25, 0.3) is 5.56 Å². The predicted octanol–water partition coefficient (Wildman–Crippen LogP) is 1.98. The van der Waals surface area contributed by atoms with Gasteiger partial charge in [0.2, 0.25) is 0 Å². The average molecular weight is 213 g/mol. The molecule has 1 aliphatic heterocycles. The number of H-pyrrole nitrogens is 1. The van der Waals surface area contributed by atoms with Crippen LogP contribution in [0.4, 0.5) is 0 Å². The van der Waals surface area contributed by atoms with Crippen molar-refractivity contribution in [1.29, 1.82) is 0 Å². The lowest BCUT2D eigenvalue weighted by atomic mass is 10.0. The minimum Gasteiger partial charge on any atom is -0.492 e. The lowest BCUT2D eigenvalue weighted by Crippen LogP contribution is -2.09. The Hall–Kier alpha value is -2.03. The van der Waals surface area contributed by atoms with Crippen molar-refractivity contribution in [3.8, 4) is 16.9 Å². The highest BCUT2D eigenvalue weighted by Crippen LogP contribution is 2.33. The summed E-state index contributed by atoms with van der Waals surface area (Å²) >= 11 is 0. The van der Waals surface area contributed by atoms with Gasteiger partial charge in [0, 0.05) is 18.2 Å². The van der Waals surface area contributed by atoms with Gasteiger partial charge in [-0.3, -0.25) is 4.79 Å². The fourth-order valence-corrected chi connectivity index (χ4v) is 2.04. The number of rotatable bonds is 1. The second-order valence-electron chi connectivity index (χ2n) is 3.80. The third kappa shape index (κ3) is 1.33. The van der Waals surface area contributed by atoms with Crippen molar-refractivity contribution in [1.82, 2.24) is 4.98 Å². The Balaban J connectivity index is 2.24. The van der Waals surface area contributed by atoms with Crippen LogP contribution < -0.4 is 10.3 Å². The lowest BCUT2D eigenvalue weighted by molar-refractivity contribution is 0.358. The minimum atomic E-state index is -0.0350. The van der Waals surface area contributed by atoms with Crippen LogP contribution in [0.25, 0.3) is 11.1 Å². The quantitative estimate of drug-likeness (QED) is 0.787. The average Bonchev–Trinajstić information content (AvgIpc) is 2.81. The first-order chi connectivity index (χ1) is 7.86. The van der Waals surface area contributed by atoms with Crippen LogP contribution in [0.1, 0.15) is 5.56 Å². The van der Waals surface area contributed by atoms with Gasteiger partial charge in [0.1, 0.15) is 5.75 Å². The fraction of sp³-hybridized carbons (Fsp3) is 0.154. The molecule has 0 atom stereocenters. The Labute approximate surface area is 92.7 Å². The number of fused-ring (bicyclic) bond motifs is 1. The van der Waals surface area contributed by atoms with Crippen LogP contribution in [0.2, 0.25) is 0 Å². The minimum absolute atomic E-state index is 0.0350. The van der Waals surface area contributed by atoms with Crippen molar-refractivity contribution in [2.45, 2.75) is 6.42 Å². The summed E-state index contributed by atoms with van der Waals surface area (Å²) in [5, 5.41) is 0. The predicted molar refractivity (Wildman–Crippen MR) is 61.7 cm³/mol. The highest BCUT2D eigenvalue weighted by atomic mass is 16.5. The van der Waals surface area contributed by atoms with Gasteiger partial charge in [-0.2, -0.15) is 0 Å². The molecule has 2 heterocycles. The molecule has 3 rings (SSSR count). The molecule has 0 unspecified atom stereocenters. The van der Waals surface area contributed by atoms with Gasteiger partial charge in [-0.15, -0.1) is 0 Å². The zero-order valence-corrected chi connectivity index (χ0v) is 8.69. The lowest BCUT2D eigenvalue weighted by Gasteiger charge is -2.06. The molecule has 1 N–H and O–H groups in total. The van der Waals surface area contributed by atoms with Crippen LogP contribution in [0.15, 0.2) is 41.3 Å². The van der Waals surface area contributed by atoms with E-state index in [4.69, 9.17) is 4.74 Å². The molecule has 0 radical (unpaired) electrons. The Bertz CT molecular complexity index is 572. The van der Waals surface area contributed by atoms with Gasteiger partial charge in [0.15, 0.2) is 0 Å². The smallest absolute Gasteiger partial charge is 0.255 e. The molecular weight excluding hydrogens is 202 g/mol. The van der Waals surface area contributed by atoms with Crippen molar-refractivity contribution in [2.75, 3.05) is 6.61 Å². The van der Waals surface area contributed by atoms with Crippen LogP contribution in [-0.2, 0) is 6.42 Å². The monoisotopic (exact) mass is 213 g/mol. The van der Waals surface area contributed by atoms with Gasteiger partial charge in [-0.25, -0.2) is 0 Å². The maximum atomic E-state index is 11.6. The molecule has 1 aliphatic rings. The van der Waals surface area contributed by atoms with E-state index in [1.54, 1.807) is 6.20 Å². The van der Waals surface area contributed by atoms with Crippen LogP contribution in [-0.4, -0.2) is 11.6 Å². The van der Waals surface area contributed by atoms with Gasteiger partial charge in [-0.1, -0.05) is 30.3 Å². The first-order valence-electron chi connectivity index (χ1n) is 5.29. The van der Waals surface area contributed by atoms with E-state index in [1.807, 2.05) is 30.3 Å². The second kappa shape index (κ2) is 3.52. The molecule has 0 fully saturated rings. The molecule has 0 saturated carbocycles. The highest BCUT2D eigenvalue weighted by molar-refractivity contribution is 5.71. The number of nitrogens with one attached hydrogen (secondary N) is 1. The Morgan fingerprint density at radius 3 is 2.81 bits per heavy atom. The van der Waals surface area contributed by atoms with E-state index in [1.165, 1.54) is 0 Å². The number of hydrogen-bond donors (Lipinski definition) is 1. The zero-order valence-electron chi connectivity index (χ0n) is 8.69. The molecule has 2 aromatic rings. The van der Waals surface area contributed by atoms with E-state index in [9.17, 15) is 4.79 Å². The summed E-state index contributed by atoms with van der Waals surface area (Å²) in [6.07, 6.45) is 2.42. The van der Waals surface area contributed by atoms with Crippen LogP contribution >= 0.6 is 0 Å². The Morgan fingerprint density at radius 1 is 1.19 bits per heavy atom. The van der Waals surface area contributed by atoms with E-state index in [0.717, 1.165) is 22.4 Å². The van der Waals surface area contributed by atoms with Crippen molar-refractivity contribution in [2.24, 2.45) is 0 Å². The first kappa shape index (κ1) is 9.21. The maximum Gasteiger partial charge on any atom is 0.255 e. The van der Waals surface area contributed by atoms with Crippen LogP contribution in [0.5, 0.6) is 5.75 Å². The molecule has 1 aromatic heterocycles. The molecule has 0 bridgehead atoms. The van der Waals surface area contributed by atoms with Crippen molar-refractivity contribution in [3.63, 3.8) is 0 Å². The van der Waals surface area contributed by atoms with Gasteiger partial charge in [-0.05, 0) is 5.56 Å². The van der Waals surface area contributed by atoms with Gasteiger partial charge in [0.05, 0.1) is 12.2 Å². The summed E-state index contributed by atoms with van der Waals surface area (Å²) in [4.78, 5) is 14.3. The molecule has 80 valence electrons. The van der Waals surface area contributed by atoms with Crippen LogP contribution in [0, 0.1) is 0 Å². The molecule has 0 amide bonds. The first-order valence-corrected chi connectivity index (χ1v) is 5.29. The summed E-state index contributed by atoms with van der Waals surface area (Å²) in [5.41, 5.74) is 2.76. The second-order valence-corrected chi connectivity index (χ2v) is 3.80. The van der Waals surface area contributed by atoms with Gasteiger partial charge < -0.3 is 9.72 Å². The summed E-state index contributed by atoms with van der Waals surface area (Å²) < 4.78 is 5.54. The van der Waals surface area contributed by atoms with E-state index in [-0.39, 0.29) is 5.56 Å². The third-order valence-corrected chi connectivity index (χ3v) is 2.82. The number of aromatic nitrogens is 1. The number of pyridine rings is 1. The normalized spacial score (nSPS) is 13.2. The van der Waals surface area contributed by atoms with Crippen LogP contribution in [0.3, 0.4) is 0 Å². The van der Waals surface area contributed by atoms with E-state index < -0.39 is 0 Å². The standard InChI is InChI=1S/C13H11NO2/c15-13-10-6-7-16-12(10)11(8-14-13)9-4-2-1-3-5-9/h1-5,8H,6-7H2,(H,14,15). The molecule has 3 heteroatoms.